The number of halogens is 8. The fraction of sp³-hybridized carbons (Fsp3) is 0.373. The van der Waals surface area contributed by atoms with Crippen LogP contribution in [0.5, 0.6) is 23.5 Å². The number of aromatic hydroxyl groups is 1. The molecule has 0 spiro atoms. The van der Waals surface area contributed by atoms with Gasteiger partial charge in [0.2, 0.25) is 0 Å². The lowest BCUT2D eigenvalue weighted by Crippen LogP contribution is -2.39. The Morgan fingerprint density at radius 3 is 1.34 bits per heavy atom. The van der Waals surface area contributed by atoms with Crippen LogP contribution in [-0.2, 0) is 22.4 Å². The van der Waals surface area contributed by atoms with Crippen LogP contribution in [0.25, 0.3) is 45.6 Å². The molecule has 0 aliphatic heterocycles. The van der Waals surface area contributed by atoms with Crippen LogP contribution in [0.15, 0.2) is 84.9 Å². The predicted octanol–water partition coefficient (Wildman–Crippen LogP) is 12.8. The number of hydrogen-bond donors (Lipinski definition) is 1. The first-order chi connectivity index (χ1) is 33.2. The number of aromatic nitrogens is 6. The molecule has 2 heterocycles. The number of nitrogens with zero attached hydrogens (tertiary/aromatic N) is 6. The van der Waals surface area contributed by atoms with Gasteiger partial charge in [-0.05, 0) is 137 Å². The molecule has 1 N–H and O–H groups in total. The first-order valence-corrected chi connectivity index (χ1v) is 22.9. The van der Waals surface area contributed by atoms with Crippen molar-refractivity contribution >= 4 is 34.8 Å². The second-order valence-electron chi connectivity index (χ2n) is 18.3. The summed E-state index contributed by atoms with van der Waals surface area (Å²) in [6.45, 7) is 6.42. The van der Waals surface area contributed by atoms with Gasteiger partial charge in [0.25, 0.3) is 0 Å². The molecule has 0 bridgehead atoms. The standard InChI is InChI=1S/C28H29ClF3N3O3.C23H21ClF3N3O3/c1-26(2,28(30,31)32)22(36)12-6-17-5-11-21(29)20(15-17)24-33-23(34-25(35-24)37-4)18-7-9-19(10-8-18)38-16-27(3)13-14-27;1-22(2,23(25,26)27)18(32)11-5-13-4-10-17(24)16(12-13)20-28-19(29-21(30-20)33-3)14-6-8-15(31)9-7-14/h5,7-11,15H,6,12-14,16H2,1-4H3;4,6-10,12,31H,5,11H2,1-3H3. The summed E-state index contributed by atoms with van der Waals surface area (Å²) < 4.78 is 95.4. The van der Waals surface area contributed by atoms with Crippen LogP contribution in [0.2, 0.25) is 10.0 Å². The largest absolute Gasteiger partial charge is 0.508 e. The molecule has 0 unspecified atom stereocenters. The quantitative estimate of drug-likeness (QED) is 0.0863. The van der Waals surface area contributed by atoms with Crippen LogP contribution in [-0.4, -0.2) is 79.8 Å². The van der Waals surface area contributed by atoms with Gasteiger partial charge in [0, 0.05) is 40.5 Å². The van der Waals surface area contributed by atoms with Crippen molar-refractivity contribution in [2.45, 2.75) is 85.5 Å². The molecule has 4 aromatic carbocycles. The Kier molecular flexibility index (Phi) is 16.4. The average Bonchev–Trinajstić information content (AvgIpc) is 4.08. The highest BCUT2D eigenvalue weighted by atomic mass is 35.5. The highest BCUT2D eigenvalue weighted by Crippen LogP contribution is 2.45. The van der Waals surface area contributed by atoms with Gasteiger partial charge >= 0.3 is 24.4 Å². The van der Waals surface area contributed by atoms with Crippen LogP contribution in [0, 0.1) is 16.2 Å². The second kappa shape index (κ2) is 21.5. The number of benzene rings is 4. The Bertz CT molecular complexity index is 2880. The summed E-state index contributed by atoms with van der Waals surface area (Å²) in [5.74, 6) is 0.117. The number of alkyl halides is 6. The van der Waals surface area contributed by atoms with Gasteiger partial charge in [-0.2, -0.15) is 46.3 Å². The highest BCUT2D eigenvalue weighted by Gasteiger charge is 2.53. The number of methoxy groups -OCH3 is 2. The number of phenols is 1. The minimum absolute atomic E-state index is 0.0339. The molecular formula is C51H50Cl2F6N6O6. The summed E-state index contributed by atoms with van der Waals surface area (Å²) in [7, 11) is 2.83. The zero-order valence-electron chi connectivity index (χ0n) is 39.7. The molecule has 2 aromatic heterocycles. The van der Waals surface area contributed by atoms with E-state index < -0.39 is 34.7 Å². The number of carbonyl (C=O) groups is 2. The van der Waals surface area contributed by atoms with Gasteiger partial charge in [0.1, 0.15) is 33.9 Å². The molecule has 12 nitrogen and oxygen atoms in total. The van der Waals surface area contributed by atoms with E-state index in [4.69, 9.17) is 37.4 Å². The SMILES string of the molecule is COc1nc(-c2ccc(O)cc2)nc(-c2cc(CCC(=O)C(C)(C)C(F)(F)F)ccc2Cl)n1.COc1nc(-c2ccc(OCC3(C)CC3)cc2)nc(-c2cc(CCC(=O)C(C)(C)C(F)(F)F)ccc2Cl)n1. The molecule has 1 saturated carbocycles. The normalized spacial score (nSPS) is 13.5. The van der Waals surface area contributed by atoms with E-state index in [9.17, 15) is 41.0 Å². The molecule has 0 atom stereocenters. The lowest BCUT2D eigenvalue weighted by molar-refractivity contribution is -0.211. The molecule has 0 amide bonds. The van der Waals surface area contributed by atoms with Crippen molar-refractivity contribution in [3.8, 4) is 69.1 Å². The van der Waals surface area contributed by atoms with E-state index in [0.29, 0.717) is 55.9 Å². The number of hydrogen-bond acceptors (Lipinski definition) is 12. The summed E-state index contributed by atoms with van der Waals surface area (Å²) in [6.07, 6.45) is -7.25. The van der Waals surface area contributed by atoms with Gasteiger partial charge in [0.05, 0.1) is 30.9 Å². The van der Waals surface area contributed by atoms with Gasteiger partial charge in [0.15, 0.2) is 23.3 Å². The first-order valence-electron chi connectivity index (χ1n) is 22.1. The Labute approximate surface area is 416 Å². The van der Waals surface area contributed by atoms with Crippen LogP contribution >= 0.6 is 23.2 Å². The zero-order valence-corrected chi connectivity index (χ0v) is 41.2. The van der Waals surface area contributed by atoms with Gasteiger partial charge in [-0.3, -0.25) is 9.59 Å². The van der Waals surface area contributed by atoms with Crippen molar-refractivity contribution < 1.29 is 55.2 Å². The number of ketones is 2. The number of Topliss-reactive ketones (excluding diaryl/α,β-unsaturated/α-hetero) is 2. The summed E-state index contributed by atoms with van der Waals surface area (Å²) >= 11 is 12.8. The molecule has 71 heavy (non-hydrogen) atoms. The van der Waals surface area contributed by atoms with E-state index in [1.165, 1.54) is 39.2 Å². The maximum absolute atomic E-state index is 13.2. The molecule has 1 fully saturated rings. The van der Waals surface area contributed by atoms with E-state index >= 15 is 0 Å². The van der Waals surface area contributed by atoms with Gasteiger partial charge < -0.3 is 19.3 Å². The molecule has 6 aromatic rings. The van der Waals surface area contributed by atoms with E-state index in [0.717, 1.165) is 33.4 Å². The third-order valence-corrected chi connectivity index (χ3v) is 12.8. The molecule has 0 radical (unpaired) electrons. The van der Waals surface area contributed by atoms with Gasteiger partial charge in [-0.15, -0.1) is 0 Å². The molecule has 376 valence electrons. The number of aryl methyl sites for hydroxylation is 2. The number of carbonyl (C=O) groups excluding carboxylic acids is 2. The van der Waals surface area contributed by atoms with Crippen LogP contribution in [0.3, 0.4) is 0 Å². The monoisotopic (exact) mass is 1030 g/mol. The minimum Gasteiger partial charge on any atom is -0.508 e. The van der Waals surface area contributed by atoms with Crippen LogP contribution < -0.4 is 14.2 Å². The third-order valence-electron chi connectivity index (χ3n) is 12.2. The third kappa shape index (κ3) is 13.3. The number of ether oxygens (including phenoxy) is 3. The van der Waals surface area contributed by atoms with Crippen LogP contribution in [0.4, 0.5) is 26.3 Å². The Hall–Kier alpha value is -6.40. The number of phenolic OH excluding ortho intramolecular Hbond substituents is 1. The van der Waals surface area contributed by atoms with E-state index in [1.54, 1.807) is 48.5 Å². The summed E-state index contributed by atoms with van der Waals surface area (Å²) in [6, 6.07) is 23.5. The Morgan fingerprint density at radius 2 is 0.972 bits per heavy atom. The second-order valence-corrected chi connectivity index (χ2v) is 19.1. The zero-order chi connectivity index (χ0) is 52.1. The molecule has 7 rings (SSSR count). The predicted molar refractivity (Wildman–Crippen MR) is 255 cm³/mol. The van der Waals surface area contributed by atoms with Crippen LogP contribution in [0.1, 0.15) is 71.4 Å². The van der Waals surface area contributed by atoms with E-state index in [2.05, 4.69) is 36.8 Å². The maximum Gasteiger partial charge on any atom is 0.400 e. The van der Waals surface area contributed by atoms with Crippen molar-refractivity contribution in [2.75, 3.05) is 20.8 Å². The first kappa shape index (κ1) is 53.9. The molecule has 1 aliphatic carbocycles. The summed E-state index contributed by atoms with van der Waals surface area (Å²) in [5.41, 5.74) is -1.17. The highest BCUT2D eigenvalue weighted by molar-refractivity contribution is 6.33. The van der Waals surface area contributed by atoms with Crippen molar-refractivity contribution in [2.24, 2.45) is 16.2 Å². The van der Waals surface area contributed by atoms with Crippen molar-refractivity contribution in [1.29, 1.82) is 0 Å². The van der Waals surface area contributed by atoms with Gasteiger partial charge in [-0.25, -0.2) is 9.97 Å². The fourth-order valence-electron chi connectivity index (χ4n) is 6.58. The average molecular weight is 1030 g/mol. The van der Waals surface area contributed by atoms with E-state index in [1.807, 2.05) is 24.3 Å². The molecule has 0 saturated heterocycles. The Balaban J connectivity index is 0.000000235. The topological polar surface area (TPSA) is 159 Å². The lowest BCUT2D eigenvalue weighted by atomic mass is 9.84. The molecule has 1 aliphatic rings. The van der Waals surface area contributed by atoms with E-state index in [-0.39, 0.29) is 66.3 Å². The summed E-state index contributed by atoms with van der Waals surface area (Å²) in [5, 5.41) is 10.2. The van der Waals surface area contributed by atoms with Crippen molar-refractivity contribution in [3.63, 3.8) is 0 Å². The lowest BCUT2D eigenvalue weighted by Gasteiger charge is -2.26. The smallest absolute Gasteiger partial charge is 0.400 e. The van der Waals surface area contributed by atoms with Gasteiger partial charge in [-0.1, -0.05) is 42.3 Å². The minimum atomic E-state index is -4.62. The molecule has 20 heteroatoms. The Morgan fingerprint density at radius 1 is 0.592 bits per heavy atom. The van der Waals surface area contributed by atoms with Crippen molar-refractivity contribution in [3.05, 3.63) is 106 Å². The number of rotatable bonds is 17. The fourth-order valence-corrected chi connectivity index (χ4v) is 6.98. The van der Waals surface area contributed by atoms with Crippen molar-refractivity contribution in [1.82, 2.24) is 29.9 Å². The summed E-state index contributed by atoms with van der Waals surface area (Å²) in [4.78, 5) is 50.7. The molecular weight excluding hydrogens is 977 g/mol. The maximum atomic E-state index is 13.2.